The van der Waals surface area contributed by atoms with Crippen molar-refractivity contribution in [1.29, 1.82) is 0 Å². The van der Waals surface area contributed by atoms with E-state index in [1.165, 1.54) is 0 Å². The number of hydrogen-bond acceptors (Lipinski definition) is 4. The first-order valence-corrected chi connectivity index (χ1v) is 6.58. The highest BCUT2D eigenvalue weighted by Gasteiger charge is 2.36. The minimum atomic E-state index is -0.720. The lowest BCUT2D eigenvalue weighted by molar-refractivity contribution is -0.270. The van der Waals surface area contributed by atoms with Crippen LogP contribution >= 0.6 is 0 Å². The average Bonchev–Trinajstić information content (AvgIpc) is 2.38. The molecule has 0 bridgehead atoms. The Morgan fingerprint density at radius 2 is 1.79 bits per heavy atom. The molecule has 1 aliphatic heterocycles. The van der Waals surface area contributed by atoms with Crippen molar-refractivity contribution >= 4 is 0 Å². The van der Waals surface area contributed by atoms with Crippen LogP contribution in [0.2, 0.25) is 0 Å². The number of ether oxygens (including phenoxy) is 3. The maximum atomic E-state index is 5.84. The molecule has 0 amide bonds. The predicted molar refractivity (Wildman–Crippen MR) is 74.4 cm³/mol. The maximum absolute atomic E-state index is 5.84. The molecule has 1 heterocycles. The molecule has 0 atom stereocenters. The number of rotatable bonds is 2. The zero-order valence-electron chi connectivity index (χ0n) is 12.4. The van der Waals surface area contributed by atoms with Gasteiger partial charge in [0.05, 0.1) is 26.4 Å². The Hall–Kier alpha value is -1.10. The summed E-state index contributed by atoms with van der Waals surface area (Å²) in [7, 11) is 1.70. The third-order valence-corrected chi connectivity index (χ3v) is 3.87. The summed E-state index contributed by atoms with van der Waals surface area (Å²) in [4.78, 5) is 0. The average molecular weight is 265 g/mol. The first kappa shape index (κ1) is 14.3. The molecule has 106 valence electrons. The van der Waals surface area contributed by atoms with Crippen molar-refractivity contribution < 1.29 is 14.2 Å². The molecule has 4 nitrogen and oxygen atoms in total. The molecular weight excluding hydrogens is 242 g/mol. The van der Waals surface area contributed by atoms with E-state index >= 15 is 0 Å². The quantitative estimate of drug-likeness (QED) is 0.890. The molecule has 1 aliphatic rings. The summed E-state index contributed by atoms with van der Waals surface area (Å²) in [5.74, 6) is 0.208. The van der Waals surface area contributed by atoms with Crippen LogP contribution < -0.4 is 10.5 Å². The summed E-state index contributed by atoms with van der Waals surface area (Å²) in [6.07, 6.45) is 0. The van der Waals surface area contributed by atoms with Crippen molar-refractivity contribution in [3.8, 4) is 5.75 Å². The van der Waals surface area contributed by atoms with Gasteiger partial charge in [0.25, 0.3) is 0 Å². The molecule has 0 radical (unpaired) electrons. The molecule has 2 N–H and O–H groups in total. The minimum Gasteiger partial charge on any atom is -0.496 e. The van der Waals surface area contributed by atoms with E-state index in [2.05, 4.69) is 19.9 Å². The van der Waals surface area contributed by atoms with Crippen LogP contribution in [0.4, 0.5) is 0 Å². The van der Waals surface area contributed by atoms with Crippen molar-refractivity contribution in [3.05, 3.63) is 28.3 Å². The fraction of sp³-hybridized carbons (Fsp3) is 0.600. The molecule has 1 aromatic carbocycles. The van der Waals surface area contributed by atoms with Gasteiger partial charge in [0.2, 0.25) is 0 Å². The van der Waals surface area contributed by atoms with Gasteiger partial charge in [-0.2, -0.15) is 0 Å². The number of methoxy groups -OCH3 is 1. The Morgan fingerprint density at radius 3 is 2.32 bits per heavy atom. The highest BCUT2D eigenvalue weighted by molar-refractivity contribution is 5.50. The molecule has 1 aromatic rings. The second-order valence-electron chi connectivity index (χ2n) is 5.35. The summed E-state index contributed by atoms with van der Waals surface area (Å²) >= 11 is 0. The van der Waals surface area contributed by atoms with Gasteiger partial charge < -0.3 is 19.9 Å². The first-order chi connectivity index (χ1) is 8.89. The van der Waals surface area contributed by atoms with Gasteiger partial charge in [0, 0.05) is 5.56 Å². The van der Waals surface area contributed by atoms with Gasteiger partial charge in [-0.25, -0.2) is 0 Å². The molecule has 0 aliphatic carbocycles. The van der Waals surface area contributed by atoms with E-state index < -0.39 is 5.79 Å². The van der Waals surface area contributed by atoms with Crippen molar-refractivity contribution in [2.75, 3.05) is 20.3 Å². The molecule has 4 heteroatoms. The van der Waals surface area contributed by atoms with Crippen LogP contribution in [-0.2, 0) is 15.3 Å². The van der Waals surface area contributed by atoms with E-state index in [1.54, 1.807) is 7.11 Å². The fourth-order valence-corrected chi connectivity index (χ4v) is 2.62. The summed E-state index contributed by atoms with van der Waals surface area (Å²) in [6.45, 7) is 9.14. The van der Waals surface area contributed by atoms with Crippen LogP contribution in [0, 0.1) is 20.8 Å². The molecule has 0 unspecified atom stereocenters. The molecular formula is C15H23NO3. The van der Waals surface area contributed by atoms with Gasteiger partial charge in [0.15, 0.2) is 5.79 Å². The standard InChI is InChI=1S/C15H23NO3/c1-9-6-13(10(2)11(3)14(9)17-5)15(4)18-7-12(16)8-19-15/h6,12H,7-8,16H2,1-5H3. The van der Waals surface area contributed by atoms with Crippen LogP contribution in [0.3, 0.4) is 0 Å². The predicted octanol–water partition coefficient (Wildman–Crippen LogP) is 2.17. The maximum Gasteiger partial charge on any atom is 0.192 e. The van der Waals surface area contributed by atoms with E-state index in [9.17, 15) is 0 Å². The van der Waals surface area contributed by atoms with E-state index in [-0.39, 0.29) is 6.04 Å². The lowest BCUT2D eigenvalue weighted by Crippen LogP contribution is -2.46. The summed E-state index contributed by atoms with van der Waals surface area (Å²) < 4.78 is 17.1. The smallest absolute Gasteiger partial charge is 0.192 e. The lowest BCUT2D eigenvalue weighted by atomic mass is 9.93. The molecule has 1 saturated heterocycles. The third kappa shape index (κ3) is 2.48. The fourth-order valence-electron chi connectivity index (χ4n) is 2.62. The number of hydrogen-bond donors (Lipinski definition) is 1. The van der Waals surface area contributed by atoms with E-state index in [4.69, 9.17) is 19.9 Å². The summed E-state index contributed by atoms with van der Waals surface area (Å²) in [5.41, 5.74) is 10.2. The molecule has 0 spiro atoms. The Labute approximate surface area is 114 Å². The van der Waals surface area contributed by atoms with Crippen LogP contribution in [0.5, 0.6) is 5.75 Å². The van der Waals surface area contributed by atoms with Crippen molar-refractivity contribution in [2.24, 2.45) is 5.73 Å². The van der Waals surface area contributed by atoms with Gasteiger partial charge >= 0.3 is 0 Å². The van der Waals surface area contributed by atoms with Crippen molar-refractivity contribution in [2.45, 2.75) is 39.5 Å². The van der Waals surface area contributed by atoms with Gasteiger partial charge in [0.1, 0.15) is 5.75 Å². The SMILES string of the molecule is COc1c(C)cc(C2(C)OCC(N)CO2)c(C)c1C. The molecule has 19 heavy (non-hydrogen) atoms. The van der Waals surface area contributed by atoms with Gasteiger partial charge in [-0.1, -0.05) is 0 Å². The molecule has 0 saturated carbocycles. The van der Waals surface area contributed by atoms with Gasteiger partial charge in [-0.05, 0) is 50.5 Å². The zero-order valence-corrected chi connectivity index (χ0v) is 12.4. The topological polar surface area (TPSA) is 53.7 Å². The Kier molecular flexibility index (Phi) is 3.85. The van der Waals surface area contributed by atoms with Crippen LogP contribution in [0.25, 0.3) is 0 Å². The second-order valence-corrected chi connectivity index (χ2v) is 5.35. The number of aryl methyl sites for hydroxylation is 1. The zero-order chi connectivity index (χ0) is 14.2. The molecule has 1 fully saturated rings. The highest BCUT2D eigenvalue weighted by atomic mass is 16.7. The van der Waals surface area contributed by atoms with E-state index in [0.717, 1.165) is 28.0 Å². The largest absolute Gasteiger partial charge is 0.496 e. The van der Waals surface area contributed by atoms with Crippen LogP contribution in [0.15, 0.2) is 6.07 Å². The third-order valence-electron chi connectivity index (χ3n) is 3.87. The van der Waals surface area contributed by atoms with Crippen LogP contribution in [-0.4, -0.2) is 26.4 Å². The van der Waals surface area contributed by atoms with Crippen molar-refractivity contribution in [3.63, 3.8) is 0 Å². The number of benzene rings is 1. The summed E-state index contributed by atoms with van der Waals surface area (Å²) in [6, 6.07) is 2.03. The Bertz CT molecular complexity index is 477. The molecule has 0 aromatic heterocycles. The Morgan fingerprint density at radius 1 is 1.21 bits per heavy atom. The number of nitrogens with two attached hydrogens (primary N) is 1. The van der Waals surface area contributed by atoms with Crippen LogP contribution in [0.1, 0.15) is 29.2 Å². The van der Waals surface area contributed by atoms with E-state index in [0.29, 0.717) is 13.2 Å². The first-order valence-electron chi connectivity index (χ1n) is 6.58. The lowest BCUT2D eigenvalue weighted by Gasteiger charge is -2.38. The Balaban J connectivity index is 2.46. The summed E-state index contributed by atoms with van der Waals surface area (Å²) in [5, 5.41) is 0. The minimum absolute atomic E-state index is 0.0474. The second kappa shape index (κ2) is 5.12. The normalized spacial score (nSPS) is 27.4. The molecule has 2 rings (SSSR count). The van der Waals surface area contributed by atoms with Gasteiger partial charge in [-0.3, -0.25) is 0 Å². The van der Waals surface area contributed by atoms with Gasteiger partial charge in [-0.15, -0.1) is 0 Å². The van der Waals surface area contributed by atoms with Crippen molar-refractivity contribution in [1.82, 2.24) is 0 Å². The highest BCUT2D eigenvalue weighted by Crippen LogP contribution is 2.37. The monoisotopic (exact) mass is 265 g/mol. The van der Waals surface area contributed by atoms with E-state index in [1.807, 2.05) is 13.8 Å².